The standard InChI is InChI=1S/C8H9NO2S/c1-2-7-9-3-6(12-7)8(10)4-11-5-8/h2-3,10H,1,4-5H2. The molecule has 2 rings (SSSR count). The maximum atomic E-state index is 9.80. The van der Waals surface area contributed by atoms with E-state index < -0.39 is 5.60 Å². The molecule has 0 amide bonds. The van der Waals surface area contributed by atoms with Crippen molar-refractivity contribution in [1.29, 1.82) is 0 Å². The van der Waals surface area contributed by atoms with Crippen molar-refractivity contribution in [1.82, 2.24) is 4.98 Å². The van der Waals surface area contributed by atoms with Gasteiger partial charge in [0.15, 0.2) is 0 Å². The average molecular weight is 183 g/mol. The fraction of sp³-hybridized carbons (Fsp3) is 0.375. The van der Waals surface area contributed by atoms with Crippen LogP contribution in [-0.2, 0) is 10.3 Å². The Morgan fingerprint density at radius 3 is 2.92 bits per heavy atom. The summed E-state index contributed by atoms with van der Waals surface area (Å²) in [5.74, 6) is 0. The minimum absolute atomic E-state index is 0.381. The average Bonchev–Trinajstić information content (AvgIpc) is 2.48. The summed E-state index contributed by atoms with van der Waals surface area (Å²) in [6.45, 7) is 4.37. The first-order valence-electron chi connectivity index (χ1n) is 3.63. The van der Waals surface area contributed by atoms with Crippen LogP contribution >= 0.6 is 11.3 Å². The number of rotatable bonds is 2. The van der Waals surface area contributed by atoms with Gasteiger partial charge in [-0.05, 0) is 6.08 Å². The number of hydrogen-bond donors (Lipinski definition) is 1. The van der Waals surface area contributed by atoms with Crippen molar-refractivity contribution in [3.8, 4) is 0 Å². The van der Waals surface area contributed by atoms with E-state index in [0.717, 1.165) is 9.88 Å². The van der Waals surface area contributed by atoms with E-state index in [1.807, 2.05) is 0 Å². The molecule has 64 valence electrons. The monoisotopic (exact) mass is 183 g/mol. The van der Waals surface area contributed by atoms with Gasteiger partial charge in [-0.2, -0.15) is 0 Å². The molecule has 2 heterocycles. The maximum absolute atomic E-state index is 9.80. The number of hydrogen-bond acceptors (Lipinski definition) is 4. The largest absolute Gasteiger partial charge is 0.379 e. The molecule has 0 bridgehead atoms. The predicted octanol–water partition coefficient (Wildman–Crippen LogP) is 1.00. The van der Waals surface area contributed by atoms with E-state index in [2.05, 4.69) is 11.6 Å². The third-order valence-corrected chi connectivity index (χ3v) is 3.03. The zero-order valence-corrected chi connectivity index (χ0v) is 7.30. The van der Waals surface area contributed by atoms with Gasteiger partial charge in [0.25, 0.3) is 0 Å². The molecule has 1 aromatic rings. The van der Waals surface area contributed by atoms with Gasteiger partial charge in [-0.15, -0.1) is 11.3 Å². The molecule has 0 atom stereocenters. The van der Waals surface area contributed by atoms with Crippen LogP contribution < -0.4 is 0 Å². The molecular weight excluding hydrogens is 174 g/mol. The number of thiazole rings is 1. The smallest absolute Gasteiger partial charge is 0.147 e. The SMILES string of the molecule is C=Cc1ncc(C2(O)COC2)s1. The highest BCUT2D eigenvalue weighted by atomic mass is 32.1. The van der Waals surface area contributed by atoms with Crippen LogP contribution in [0.2, 0.25) is 0 Å². The van der Waals surface area contributed by atoms with Crippen LogP contribution in [0.3, 0.4) is 0 Å². The van der Waals surface area contributed by atoms with Crippen molar-refractivity contribution < 1.29 is 9.84 Å². The second kappa shape index (κ2) is 2.65. The molecule has 3 nitrogen and oxygen atoms in total. The summed E-state index contributed by atoms with van der Waals surface area (Å²) in [7, 11) is 0. The lowest BCUT2D eigenvalue weighted by molar-refractivity contribution is -0.182. The van der Waals surface area contributed by atoms with Crippen LogP contribution in [0.5, 0.6) is 0 Å². The molecule has 1 saturated heterocycles. The first-order chi connectivity index (χ1) is 5.74. The third-order valence-electron chi connectivity index (χ3n) is 1.84. The van der Waals surface area contributed by atoms with E-state index in [9.17, 15) is 5.11 Å². The quantitative estimate of drug-likeness (QED) is 0.744. The maximum Gasteiger partial charge on any atom is 0.147 e. The van der Waals surface area contributed by atoms with Crippen molar-refractivity contribution >= 4 is 17.4 Å². The van der Waals surface area contributed by atoms with Crippen molar-refractivity contribution in [3.63, 3.8) is 0 Å². The minimum atomic E-state index is -0.779. The van der Waals surface area contributed by atoms with Gasteiger partial charge in [-0.25, -0.2) is 4.98 Å². The summed E-state index contributed by atoms with van der Waals surface area (Å²) in [6, 6.07) is 0. The van der Waals surface area contributed by atoms with E-state index in [4.69, 9.17) is 4.74 Å². The number of nitrogens with zero attached hydrogens (tertiary/aromatic N) is 1. The molecule has 1 fully saturated rings. The molecule has 0 radical (unpaired) electrons. The van der Waals surface area contributed by atoms with Gasteiger partial charge < -0.3 is 9.84 Å². The van der Waals surface area contributed by atoms with Gasteiger partial charge in [0.05, 0.1) is 18.1 Å². The van der Waals surface area contributed by atoms with Gasteiger partial charge in [0.1, 0.15) is 10.6 Å². The molecule has 4 heteroatoms. The van der Waals surface area contributed by atoms with Crippen LogP contribution in [-0.4, -0.2) is 23.3 Å². The molecule has 1 aromatic heterocycles. The van der Waals surface area contributed by atoms with Gasteiger partial charge in [-0.1, -0.05) is 6.58 Å². The van der Waals surface area contributed by atoms with Crippen molar-refractivity contribution in [2.75, 3.05) is 13.2 Å². The lowest BCUT2D eigenvalue weighted by Crippen LogP contribution is -2.45. The third kappa shape index (κ3) is 1.08. The number of aliphatic hydroxyl groups is 1. The van der Waals surface area contributed by atoms with Crippen LogP contribution in [0.1, 0.15) is 9.88 Å². The van der Waals surface area contributed by atoms with E-state index >= 15 is 0 Å². The fourth-order valence-electron chi connectivity index (χ4n) is 1.03. The van der Waals surface area contributed by atoms with E-state index in [-0.39, 0.29) is 0 Å². The van der Waals surface area contributed by atoms with Crippen molar-refractivity contribution in [2.45, 2.75) is 5.60 Å². The highest BCUT2D eigenvalue weighted by Crippen LogP contribution is 2.33. The van der Waals surface area contributed by atoms with E-state index in [0.29, 0.717) is 13.2 Å². The Hall–Kier alpha value is -0.710. The molecule has 0 spiro atoms. The summed E-state index contributed by atoms with van der Waals surface area (Å²) >= 11 is 1.46. The minimum Gasteiger partial charge on any atom is -0.379 e. The zero-order chi connectivity index (χ0) is 8.60. The summed E-state index contributed by atoms with van der Waals surface area (Å²) in [4.78, 5) is 4.93. The number of ether oxygens (including phenoxy) is 1. The lowest BCUT2D eigenvalue weighted by Gasteiger charge is -2.34. The van der Waals surface area contributed by atoms with Crippen LogP contribution in [0, 0.1) is 0 Å². The highest BCUT2D eigenvalue weighted by Gasteiger charge is 2.39. The molecule has 1 aliphatic heterocycles. The van der Waals surface area contributed by atoms with Crippen LogP contribution in [0.25, 0.3) is 6.08 Å². The summed E-state index contributed by atoms with van der Waals surface area (Å²) in [6.07, 6.45) is 3.36. The lowest BCUT2D eigenvalue weighted by atomic mass is 10.0. The Balaban J connectivity index is 2.27. The van der Waals surface area contributed by atoms with Crippen LogP contribution in [0.4, 0.5) is 0 Å². The van der Waals surface area contributed by atoms with Gasteiger partial charge in [0.2, 0.25) is 0 Å². The second-order valence-electron chi connectivity index (χ2n) is 2.79. The molecule has 0 unspecified atom stereocenters. The first-order valence-corrected chi connectivity index (χ1v) is 4.45. The van der Waals surface area contributed by atoms with Crippen LogP contribution in [0.15, 0.2) is 12.8 Å². The van der Waals surface area contributed by atoms with Crippen molar-refractivity contribution in [3.05, 3.63) is 22.7 Å². The molecular formula is C8H9NO2S. The van der Waals surface area contributed by atoms with E-state index in [1.165, 1.54) is 11.3 Å². The molecule has 0 aliphatic carbocycles. The highest BCUT2D eigenvalue weighted by molar-refractivity contribution is 7.12. The Bertz CT molecular complexity index is 304. The second-order valence-corrected chi connectivity index (χ2v) is 3.85. The molecule has 1 aliphatic rings. The predicted molar refractivity (Wildman–Crippen MR) is 46.9 cm³/mol. The summed E-state index contributed by atoms with van der Waals surface area (Å²) in [5.41, 5.74) is -0.779. The summed E-state index contributed by atoms with van der Waals surface area (Å²) < 4.78 is 4.94. The van der Waals surface area contributed by atoms with Gasteiger partial charge in [0, 0.05) is 6.20 Å². The fourth-order valence-corrected chi connectivity index (χ4v) is 1.86. The van der Waals surface area contributed by atoms with Gasteiger partial charge in [-0.3, -0.25) is 0 Å². The zero-order valence-electron chi connectivity index (χ0n) is 6.49. The Kier molecular flexibility index (Phi) is 1.75. The summed E-state index contributed by atoms with van der Waals surface area (Å²) in [5, 5.41) is 10.6. The molecule has 12 heavy (non-hydrogen) atoms. The van der Waals surface area contributed by atoms with E-state index in [1.54, 1.807) is 12.3 Å². The Labute approximate surface area is 74.3 Å². The van der Waals surface area contributed by atoms with Crippen molar-refractivity contribution in [2.24, 2.45) is 0 Å². The first kappa shape index (κ1) is 7.91. The molecule has 0 aromatic carbocycles. The molecule has 1 N–H and O–H groups in total. The number of aromatic nitrogens is 1. The normalized spacial score (nSPS) is 20.1. The Morgan fingerprint density at radius 1 is 1.75 bits per heavy atom. The molecule has 0 saturated carbocycles. The Morgan fingerprint density at radius 2 is 2.50 bits per heavy atom. The topological polar surface area (TPSA) is 42.4 Å². The van der Waals surface area contributed by atoms with Gasteiger partial charge >= 0.3 is 0 Å².